The summed E-state index contributed by atoms with van der Waals surface area (Å²) >= 11 is 5.94. The topological polar surface area (TPSA) is 47.0 Å². The Morgan fingerprint density at radius 3 is 2.88 bits per heavy atom. The fourth-order valence-electron chi connectivity index (χ4n) is 1.92. The van der Waals surface area contributed by atoms with Gasteiger partial charge in [0.05, 0.1) is 6.61 Å². The van der Waals surface area contributed by atoms with E-state index in [1.165, 1.54) is 0 Å². The molecule has 0 bridgehead atoms. The van der Waals surface area contributed by atoms with E-state index in [1.54, 1.807) is 0 Å². The van der Waals surface area contributed by atoms with Gasteiger partial charge in [0.1, 0.15) is 11.6 Å². The molecule has 1 saturated carbocycles. The Morgan fingerprint density at radius 2 is 2.24 bits per heavy atom. The van der Waals surface area contributed by atoms with Crippen molar-refractivity contribution in [2.45, 2.75) is 32.1 Å². The first kappa shape index (κ1) is 12.4. The molecule has 5 heteroatoms. The van der Waals surface area contributed by atoms with Crippen LogP contribution in [0.3, 0.4) is 0 Å². The molecule has 0 atom stereocenters. The molecule has 0 amide bonds. The average Bonchev–Trinajstić information content (AvgIpc) is 2.22. The summed E-state index contributed by atoms with van der Waals surface area (Å²) in [6.45, 7) is 5.35. The van der Waals surface area contributed by atoms with Crippen molar-refractivity contribution < 1.29 is 4.74 Å². The highest BCUT2D eigenvalue weighted by molar-refractivity contribution is 6.21. The van der Waals surface area contributed by atoms with Gasteiger partial charge in [-0.1, -0.05) is 0 Å². The number of nitrogens with zero attached hydrogens (tertiary/aromatic N) is 2. The number of alkyl halides is 1. The first-order valence-corrected chi connectivity index (χ1v) is 6.47. The molecule has 1 heterocycles. The highest BCUT2D eigenvalue weighted by Gasteiger charge is 2.26. The molecule has 17 heavy (non-hydrogen) atoms. The minimum atomic E-state index is 0.368. The third kappa shape index (κ3) is 3.46. The second-order valence-corrected chi connectivity index (χ2v) is 5.00. The van der Waals surface area contributed by atoms with E-state index in [0.717, 1.165) is 31.0 Å². The van der Waals surface area contributed by atoms with Crippen LogP contribution in [0.5, 0.6) is 5.88 Å². The van der Waals surface area contributed by atoms with Crippen molar-refractivity contribution in [1.82, 2.24) is 9.97 Å². The van der Waals surface area contributed by atoms with Crippen LogP contribution in [-0.2, 0) is 0 Å². The molecular weight excluding hydrogens is 238 g/mol. The van der Waals surface area contributed by atoms with Crippen LogP contribution in [0.4, 0.5) is 5.82 Å². The van der Waals surface area contributed by atoms with Crippen LogP contribution < -0.4 is 10.1 Å². The number of hydrogen-bond donors (Lipinski definition) is 1. The van der Waals surface area contributed by atoms with E-state index < -0.39 is 0 Å². The van der Waals surface area contributed by atoms with E-state index >= 15 is 0 Å². The molecule has 1 aromatic rings. The quantitative estimate of drug-likeness (QED) is 0.822. The van der Waals surface area contributed by atoms with Crippen LogP contribution in [0.2, 0.25) is 0 Å². The Morgan fingerprint density at radius 1 is 1.47 bits per heavy atom. The van der Waals surface area contributed by atoms with Crippen molar-refractivity contribution in [2.24, 2.45) is 5.92 Å². The lowest BCUT2D eigenvalue weighted by Crippen LogP contribution is -2.30. The number of aromatic nitrogens is 2. The molecule has 4 nitrogen and oxygen atoms in total. The summed E-state index contributed by atoms with van der Waals surface area (Å²) in [4.78, 5) is 8.53. The lowest BCUT2D eigenvalue weighted by molar-refractivity contribution is 0.325. The third-order valence-electron chi connectivity index (χ3n) is 2.86. The Bertz CT molecular complexity index is 380. The van der Waals surface area contributed by atoms with Crippen LogP contribution in [0, 0.1) is 12.8 Å². The normalized spacial score (nSPS) is 23.0. The molecule has 0 unspecified atom stereocenters. The maximum absolute atomic E-state index is 5.94. The lowest BCUT2D eigenvalue weighted by Gasteiger charge is -2.31. The van der Waals surface area contributed by atoms with Gasteiger partial charge in [-0.25, -0.2) is 4.98 Å². The number of nitrogens with one attached hydrogen (secondary N) is 1. The Kier molecular flexibility index (Phi) is 4.05. The molecule has 0 aromatic carbocycles. The van der Waals surface area contributed by atoms with Crippen molar-refractivity contribution >= 4 is 17.4 Å². The number of aryl methyl sites for hydroxylation is 1. The smallest absolute Gasteiger partial charge is 0.218 e. The van der Waals surface area contributed by atoms with E-state index in [2.05, 4.69) is 15.3 Å². The second-order valence-electron chi connectivity index (χ2n) is 4.39. The number of ether oxygens (including phenoxy) is 1. The first-order chi connectivity index (χ1) is 8.17. The lowest BCUT2D eigenvalue weighted by atomic mass is 9.85. The van der Waals surface area contributed by atoms with E-state index in [1.807, 2.05) is 19.9 Å². The minimum absolute atomic E-state index is 0.368. The maximum Gasteiger partial charge on any atom is 0.218 e. The first-order valence-electron chi connectivity index (χ1n) is 6.03. The molecule has 94 valence electrons. The van der Waals surface area contributed by atoms with E-state index in [-0.39, 0.29) is 0 Å². The summed E-state index contributed by atoms with van der Waals surface area (Å²) < 4.78 is 5.38. The third-order valence-corrected chi connectivity index (χ3v) is 3.21. The van der Waals surface area contributed by atoms with Gasteiger partial charge in [0.25, 0.3) is 0 Å². The fourth-order valence-corrected chi connectivity index (χ4v) is 2.43. The molecule has 0 saturated heterocycles. The van der Waals surface area contributed by atoms with Crippen LogP contribution in [0.25, 0.3) is 0 Å². The summed E-state index contributed by atoms with van der Waals surface area (Å²) in [5.74, 6) is 2.86. The highest BCUT2D eigenvalue weighted by atomic mass is 35.5. The molecule has 1 aliphatic carbocycles. The zero-order chi connectivity index (χ0) is 12.3. The van der Waals surface area contributed by atoms with Gasteiger partial charge in [-0.05, 0) is 32.6 Å². The molecule has 0 radical (unpaired) electrons. The number of hydrogen-bond acceptors (Lipinski definition) is 4. The Balaban J connectivity index is 1.90. The van der Waals surface area contributed by atoms with Gasteiger partial charge in [0.15, 0.2) is 0 Å². The zero-order valence-electron chi connectivity index (χ0n) is 10.2. The van der Waals surface area contributed by atoms with Gasteiger partial charge in [0, 0.05) is 18.0 Å². The zero-order valence-corrected chi connectivity index (χ0v) is 11.0. The van der Waals surface area contributed by atoms with Gasteiger partial charge in [-0.15, -0.1) is 11.6 Å². The number of anilines is 1. The minimum Gasteiger partial charge on any atom is -0.478 e. The molecular formula is C12H18ClN3O. The van der Waals surface area contributed by atoms with Crippen molar-refractivity contribution in [1.29, 1.82) is 0 Å². The summed E-state index contributed by atoms with van der Waals surface area (Å²) in [6.07, 6.45) is 2.19. The fraction of sp³-hybridized carbons (Fsp3) is 0.667. The summed E-state index contributed by atoms with van der Waals surface area (Å²) in [5, 5.41) is 3.69. The molecule has 1 aliphatic rings. The van der Waals surface area contributed by atoms with E-state index in [0.29, 0.717) is 23.8 Å². The predicted molar refractivity (Wildman–Crippen MR) is 68.8 cm³/mol. The van der Waals surface area contributed by atoms with Crippen molar-refractivity contribution in [3.63, 3.8) is 0 Å². The highest BCUT2D eigenvalue weighted by Crippen LogP contribution is 2.31. The standard InChI is InChI=1S/C12H18ClN3O/c1-3-17-12-6-11(15-8(2)16-12)14-7-9-4-10(13)5-9/h6,9-10H,3-5,7H2,1-2H3,(H,14,15,16). The van der Waals surface area contributed by atoms with E-state index in [4.69, 9.17) is 16.3 Å². The van der Waals surface area contributed by atoms with Crippen LogP contribution in [-0.4, -0.2) is 28.5 Å². The van der Waals surface area contributed by atoms with Crippen LogP contribution >= 0.6 is 11.6 Å². The number of rotatable bonds is 5. The SMILES string of the molecule is CCOc1cc(NCC2CC(Cl)C2)nc(C)n1. The second kappa shape index (κ2) is 5.54. The van der Waals surface area contributed by atoms with Crippen molar-refractivity contribution in [3.8, 4) is 5.88 Å². The monoisotopic (exact) mass is 255 g/mol. The van der Waals surface area contributed by atoms with Gasteiger partial charge < -0.3 is 10.1 Å². The van der Waals surface area contributed by atoms with Crippen LogP contribution in [0.15, 0.2) is 6.07 Å². The van der Waals surface area contributed by atoms with Gasteiger partial charge in [-0.2, -0.15) is 4.98 Å². The van der Waals surface area contributed by atoms with Crippen LogP contribution in [0.1, 0.15) is 25.6 Å². The summed E-state index contributed by atoms with van der Waals surface area (Å²) in [5.41, 5.74) is 0. The average molecular weight is 256 g/mol. The van der Waals surface area contributed by atoms with E-state index in [9.17, 15) is 0 Å². The Labute approximate surface area is 107 Å². The molecule has 1 aromatic heterocycles. The molecule has 1 fully saturated rings. The van der Waals surface area contributed by atoms with Gasteiger partial charge in [-0.3, -0.25) is 0 Å². The largest absolute Gasteiger partial charge is 0.478 e. The molecule has 2 rings (SSSR count). The van der Waals surface area contributed by atoms with Gasteiger partial charge in [0.2, 0.25) is 5.88 Å². The number of halogens is 1. The molecule has 0 spiro atoms. The molecule has 0 aliphatic heterocycles. The Hall–Kier alpha value is -1.03. The predicted octanol–water partition coefficient (Wildman–Crippen LogP) is 2.61. The maximum atomic E-state index is 5.94. The van der Waals surface area contributed by atoms with Crippen molar-refractivity contribution in [3.05, 3.63) is 11.9 Å². The van der Waals surface area contributed by atoms with Crippen molar-refractivity contribution in [2.75, 3.05) is 18.5 Å². The molecule has 1 N–H and O–H groups in total. The van der Waals surface area contributed by atoms with Gasteiger partial charge >= 0.3 is 0 Å². The summed E-state index contributed by atoms with van der Waals surface area (Å²) in [6, 6.07) is 1.84. The summed E-state index contributed by atoms with van der Waals surface area (Å²) in [7, 11) is 0.